The van der Waals surface area contributed by atoms with Crippen LogP contribution in [-0.4, -0.2) is 31.2 Å². The zero-order chi connectivity index (χ0) is 19.6. The summed E-state index contributed by atoms with van der Waals surface area (Å²) in [4.78, 5) is 14.9. The van der Waals surface area contributed by atoms with E-state index >= 15 is 0 Å². The van der Waals surface area contributed by atoms with Gasteiger partial charge in [-0.05, 0) is 18.2 Å². The van der Waals surface area contributed by atoms with Gasteiger partial charge in [-0.15, -0.1) is 15.3 Å². The van der Waals surface area contributed by atoms with E-state index in [1.807, 2.05) is 13.8 Å². The quantitative estimate of drug-likeness (QED) is 0.627. The first kappa shape index (κ1) is 18.5. The molecule has 0 aliphatic rings. The maximum Gasteiger partial charge on any atom is 0.416 e. The zero-order valence-electron chi connectivity index (χ0n) is 14.3. The number of halogens is 3. The fourth-order valence-electron chi connectivity index (χ4n) is 2.18. The van der Waals surface area contributed by atoms with Gasteiger partial charge in [0.25, 0.3) is 0 Å². The summed E-state index contributed by atoms with van der Waals surface area (Å²) in [5.41, 5.74) is -0.973. The zero-order valence-corrected chi connectivity index (χ0v) is 14.3. The Bertz CT molecular complexity index is 989. The number of hydrogen-bond donors (Lipinski definition) is 0. The fourth-order valence-corrected chi connectivity index (χ4v) is 2.18. The summed E-state index contributed by atoms with van der Waals surface area (Å²) in [6.45, 7) is 3.82. The Morgan fingerprint density at radius 2 is 1.96 bits per heavy atom. The van der Waals surface area contributed by atoms with Crippen molar-refractivity contribution >= 4 is 18.6 Å². The number of benzene rings is 1. The minimum absolute atomic E-state index is 0.0437. The van der Waals surface area contributed by atoms with E-state index in [9.17, 15) is 18.0 Å². The molecule has 7 nitrogen and oxygen atoms in total. The van der Waals surface area contributed by atoms with Crippen LogP contribution < -0.4 is 0 Å². The highest BCUT2D eigenvalue weighted by atomic mass is 19.4. The second kappa shape index (κ2) is 7.14. The van der Waals surface area contributed by atoms with Crippen LogP contribution in [0.3, 0.4) is 0 Å². The van der Waals surface area contributed by atoms with Gasteiger partial charge in [0, 0.05) is 29.3 Å². The SMILES string of the molecule is CC(C)c1nnc(/C=C\n2cnc(-c3cc(C=O)cc(C(F)(F)F)c3)n2)o1. The average Bonchev–Trinajstić information content (AvgIpc) is 3.28. The third kappa shape index (κ3) is 4.27. The maximum atomic E-state index is 13.0. The van der Waals surface area contributed by atoms with Gasteiger partial charge in [-0.1, -0.05) is 13.8 Å². The summed E-state index contributed by atoms with van der Waals surface area (Å²) < 4.78 is 45.6. The molecule has 0 radical (unpaired) electrons. The van der Waals surface area contributed by atoms with E-state index in [1.54, 1.807) is 0 Å². The van der Waals surface area contributed by atoms with Gasteiger partial charge >= 0.3 is 6.18 Å². The molecule has 0 spiro atoms. The topological polar surface area (TPSA) is 86.7 Å². The van der Waals surface area contributed by atoms with E-state index in [2.05, 4.69) is 20.3 Å². The maximum absolute atomic E-state index is 13.0. The van der Waals surface area contributed by atoms with Crippen molar-refractivity contribution in [3.05, 3.63) is 47.4 Å². The van der Waals surface area contributed by atoms with Gasteiger partial charge in [0.2, 0.25) is 11.8 Å². The van der Waals surface area contributed by atoms with Crippen molar-refractivity contribution in [2.75, 3.05) is 0 Å². The highest BCUT2D eigenvalue weighted by Gasteiger charge is 2.31. The van der Waals surface area contributed by atoms with Crippen LogP contribution in [0, 0.1) is 0 Å². The molecule has 0 unspecified atom stereocenters. The molecule has 2 aromatic heterocycles. The van der Waals surface area contributed by atoms with Crippen molar-refractivity contribution in [3.8, 4) is 11.4 Å². The molecular weight excluding hydrogens is 363 g/mol. The molecule has 0 bridgehead atoms. The van der Waals surface area contributed by atoms with E-state index < -0.39 is 11.7 Å². The first-order valence-corrected chi connectivity index (χ1v) is 7.87. The molecule has 0 aliphatic heterocycles. The molecule has 0 saturated carbocycles. The van der Waals surface area contributed by atoms with Gasteiger partial charge in [-0.3, -0.25) is 4.79 Å². The normalized spacial score (nSPS) is 12.2. The summed E-state index contributed by atoms with van der Waals surface area (Å²) in [6.07, 6.45) is 0.0505. The summed E-state index contributed by atoms with van der Waals surface area (Å²) in [7, 11) is 0. The summed E-state index contributed by atoms with van der Waals surface area (Å²) in [6, 6.07) is 2.96. The summed E-state index contributed by atoms with van der Waals surface area (Å²) in [5, 5.41) is 11.8. The second-order valence-electron chi connectivity index (χ2n) is 5.96. The Hall–Kier alpha value is -3.30. The van der Waals surface area contributed by atoms with E-state index in [0.717, 1.165) is 12.1 Å². The van der Waals surface area contributed by atoms with Crippen LogP contribution in [0.2, 0.25) is 0 Å². The standard InChI is InChI=1S/C17H14F3N5O2/c1-10(2)16-23-22-14(27-16)3-4-25-9-21-15(24-25)12-5-11(8-26)6-13(7-12)17(18,19)20/h3-10H,1-2H3/b4-3-. The Morgan fingerprint density at radius 3 is 2.59 bits per heavy atom. The number of carbonyl (C=O) groups is 1. The third-order valence-electron chi connectivity index (χ3n) is 3.51. The molecule has 0 fully saturated rings. The van der Waals surface area contributed by atoms with Gasteiger partial charge < -0.3 is 4.42 Å². The number of hydrogen-bond acceptors (Lipinski definition) is 6. The largest absolute Gasteiger partial charge is 0.421 e. The predicted molar refractivity (Wildman–Crippen MR) is 89.5 cm³/mol. The van der Waals surface area contributed by atoms with Gasteiger partial charge in [0.1, 0.15) is 12.6 Å². The Kier molecular flexibility index (Phi) is 4.89. The Labute approximate surface area is 151 Å². The van der Waals surface area contributed by atoms with E-state index in [0.29, 0.717) is 12.2 Å². The molecular formula is C17H14F3N5O2. The van der Waals surface area contributed by atoms with Crippen molar-refractivity contribution in [3.63, 3.8) is 0 Å². The Balaban J connectivity index is 1.87. The van der Waals surface area contributed by atoms with Gasteiger partial charge in [0.05, 0.1) is 5.56 Å². The first-order valence-electron chi connectivity index (χ1n) is 7.87. The molecule has 140 valence electrons. The molecule has 0 amide bonds. The molecule has 3 aromatic rings. The van der Waals surface area contributed by atoms with Crippen molar-refractivity contribution < 1.29 is 22.4 Å². The fraction of sp³-hybridized carbons (Fsp3) is 0.235. The number of alkyl halides is 3. The lowest BCUT2D eigenvalue weighted by Gasteiger charge is -2.08. The van der Waals surface area contributed by atoms with Crippen molar-refractivity contribution in [2.24, 2.45) is 0 Å². The molecule has 0 N–H and O–H groups in total. The third-order valence-corrected chi connectivity index (χ3v) is 3.51. The van der Waals surface area contributed by atoms with Crippen LogP contribution >= 0.6 is 0 Å². The average molecular weight is 377 g/mol. The highest BCUT2D eigenvalue weighted by molar-refractivity contribution is 5.78. The summed E-state index contributed by atoms with van der Waals surface area (Å²) in [5.74, 6) is 0.880. The van der Waals surface area contributed by atoms with E-state index in [4.69, 9.17) is 4.42 Å². The molecule has 0 atom stereocenters. The number of rotatable bonds is 5. The van der Waals surface area contributed by atoms with E-state index in [1.165, 1.54) is 29.4 Å². The lowest BCUT2D eigenvalue weighted by molar-refractivity contribution is -0.137. The summed E-state index contributed by atoms with van der Waals surface area (Å²) >= 11 is 0. The van der Waals surface area contributed by atoms with Crippen LogP contribution in [0.5, 0.6) is 0 Å². The predicted octanol–water partition coefficient (Wildman–Crippen LogP) is 3.91. The van der Waals surface area contributed by atoms with Crippen molar-refractivity contribution in [1.29, 1.82) is 0 Å². The van der Waals surface area contributed by atoms with Crippen LogP contribution in [0.4, 0.5) is 13.2 Å². The lowest BCUT2D eigenvalue weighted by Crippen LogP contribution is -2.06. The lowest BCUT2D eigenvalue weighted by atomic mass is 10.1. The van der Waals surface area contributed by atoms with Gasteiger partial charge in [0.15, 0.2) is 5.82 Å². The molecule has 10 heteroatoms. The number of carbonyl (C=O) groups excluding carboxylic acids is 1. The number of nitrogens with zero attached hydrogens (tertiary/aromatic N) is 5. The second-order valence-corrected chi connectivity index (χ2v) is 5.96. The Morgan fingerprint density at radius 1 is 1.19 bits per heavy atom. The number of aromatic nitrogens is 5. The minimum atomic E-state index is -4.58. The van der Waals surface area contributed by atoms with E-state index in [-0.39, 0.29) is 28.8 Å². The molecule has 3 rings (SSSR count). The van der Waals surface area contributed by atoms with Crippen LogP contribution in [0.1, 0.15) is 47.5 Å². The smallest absolute Gasteiger partial charge is 0.416 e. The van der Waals surface area contributed by atoms with Crippen molar-refractivity contribution in [2.45, 2.75) is 25.9 Å². The van der Waals surface area contributed by atoms with Crippen LogP contribution in [0.15, 0.2) is 28.9 Å². The highest BCUT2D eigenvalue weighted by Crippen LogP contribution is 2.32. The van der Waals surface area contributed by atoms with Gasteiger partial charge in [-0.25, -0.2) is 9.67 Å². The molecule has 0 saturated heterocycles. The molecule has 27 heavy (non-hydrogen) atoms. The number of aldehydes is 1. The van der Waals surface area contributed by atoms with Crippen molar-refractivity contribution in [1.82, 2.24) is 25.0 Å². The monoisotopic (exact) mass is 377 g/mol. The molecule has 1 aromatic carbocycles. The van der Waals surface area contributed by atoms with Crippen LogP contribution in [-0.2, 0) is 6.18 Å². The first-order chi connectivity index (χ1) is 12.8. The molecule has 0 aliphatic carbocycles. The van der Waals surface area contributed by atoms with Crippen LogP contribution in [0.25, 0.3) is 23.7 Å². The van der Waals surface area contributed by atoms with Gasteiger partial charge in [-0.2, -0.15) is 13.2 Å². The molecule has 2 heterocycles. The minimum Gasteiger partial charge on any atom is -0.421 e.